The number of benzene rings is 2. The second kappa shape index (κ2) is 8.55. The number of rotatable bonds is 4. The maximum Gasteiger partial charge on any atom is 0.227 e. The van der Waals surface area contributed by atoms with Gasteiger partial charge in [0.25, 0.3) is 0 Å². The summed E-state index contributed by atoms with van der Waals surface area (Å²) < 4.78 is 0. The molecule has 6 heteroatoms. The number of amides is 1. The van der Waals surface area contributed by atoms with Crippen LogP contribution in [0.4, 0.5) is 0 Å². The average Bonchev–Trinajstić information content (AvgIpc) is 3.24. The minimum atomic E-state index is -0.0702. The molecule has 1 amide bonds. The van der Waals surface area contributed by atoms with Gasteiger partial charge in [0.05, 0.1) is 22.5 Å². The van der Waals surface area contributed by atoms with E-state index >= 15 is 0 Å². The van der Waals surface area contributed by atoms with Crippen LogP contribution in [0.25, 0.3) is 0 Å². The van der Waals surface area contributed by atoms with E-state index in [1.165, 1.54) is 18.4 Å². The number of hydrogen-bond donors (Lipinski definition) is 1. The molecule has 0 saturated carbocycles. The van der Waals surface area contributed by atoms with E-state index in [1.807, 2.05) is 30.1 Å². The van der Waals surface area contributed by atoms with Crippen LogP contribution in [-0.2, 0) is 17.6 Å². The highest BCUT2D eigenvalue weighted by atomic mass is 35.5. The molecule has 1 aliphatic carbocycles. The van der Waals surface area contributed by atoms with Crippen LogP contribution in [0, 0.1) is 0 Å². The quantitative estimate of drug-likeness (QED) is 0.750. The lowest BCUT2D eigenvalue weighted by atomic mass is 9.82. The lowest BCUT2D eigenvalue weighted by Crippen LogP contribution is -2.48. The fourth-order valence-corrected chi connectivity index (χ4v) is 5.10. The topological polar surface area (TPSA) is 43.8 Å². The number of halogens is 2. The Morgan fingerprint density at radius 3 is 2.62 bits per heavy atom. The first-order valence-corrected chi connectivity index (χ1v) is 10.9. The van der Waals surface area contributed by atoms with E-state index < -0.39 is 0 Å². The molecule has 2 atom stereocenters. The molecular weight excluding hydrogens is 407 g/mol. The zero-order valence-electron chi connectivity index (χ0n) is 16.6. The van der Waals surface area contributed by atoms with Crippen LogP contribution in [0.3, 0.4) is 0 Å². The molecule has 4 nitrogen and oxygen atoms in total. The first-order chi connectivity index (χ1) is 13.9. The van der Waals surface area contributed by atoms with Crippen LogP contribution in [0.1, 0.15) is 42.0 Å². The SMILES string of the molecule is CN(C(=O)Cc1ccc(Cl)c(Cl)c1)[C@H]1c2cc(O)ccc2CC[C@@H]1N1CCCC1. The van der Waals surface area contributed by atoms with Gasteiger partial charge < -0.3 is 10.0 Å². The molecule has 0 aromatic heterocycles. The van der Waals surface area contributed by atoms with Gasteiger partial charge in [-0.15, -0.1) is 0 Å². The number of carbonyl (C=O) groups is 1. The van der Waals surface area contributed by atoms with Gasteiger partial charge in [-0.3, -0.25) is 9.69 Å². The number of hydrogen-bond acceptors (Lipinski definition) is 3. The van der Waals surface area contributed by atoms with Gasteiger partial charge in [-0.1, -0.05) is 35.3 Å². The Labute approximate surface area is 182 Å². The molecule has 29 heavy (non-hydrogen) atoms. The minimum Gasteiger partial charge on any atom is -0.508 e. The van der Waals surface area contributed by atoms with Crippen LogP contribution in [-0.4, -0.2) is 47.0 Å². The van der Waals surface area contributed by atoms with E-state index in [1.54, 1.807) is 18.2 Å². The third kappa shape index (κ3) is 4.25. The Morgan fingerprint density at radius 1 is 1.14 bits per heavy atom. The van der Waals surface area contributed by atoms with Crippen molar-refractivity contribution in [3.05, 3.63) is 63.1 Å². The summed E-state index contributed by atoms with van der Waals surface area (Å²) in [5, 5.41) is 11.1. The molecule has 2 aromatic carbocycles. The number of aryl methyl sites for hydroxylation is 1. The standard InChI is InChI=1S/C23H26Cl2N2O2/c1-26(22(29)13-15-4-8-19(24)20(25)12-15)23-18-14-17(28)7-5-16(18)6-9-21(23)27-10-2-3-11-27/h4-5,7-8,12,14,21,23,28H,2-3,6,9-11,13H2,1H3/t21-,23-/m0/s1. The summed E-state index contributed by atoms with van der Waals surface area (Å²) in [5.74, 6) is 0.287. The summed E-state index contributed by atoms with van der Waals surface area (Å²) in [7, 11) is 1.88. The molecule has 1 saturated heterocycles. The van der Waals surface area contributed by atoms with Gasteiger partial charge in [0.2, 0.25) is 5.91 Å². The molecule has 0 spiro atoms. The largest absolute Gasteiger partial charge is 0.508 e. The molecule has 4 rings (SSSR count). The number of aromatic hydroxyl groups is 1. The minimum absolute atomic E-state index is 0.0359. The Bertz CT molecular complexity index is 912. The Morgan fingerprint density at radius 2 is 1.90 bits per heavy atom. The fourth-order valence-electron chi connectivity index (χ4n) is 4.78. The summed E-state index contributed by atoms with van der Waals surface area (Å²) in [6.45, 7) is 2.15. The summed E-state index contributed by atoms with van der Waals surface area (Å²) in [5.41, 5.74) is 3.14. The van der Waals surface area contributed by atoms with Crippen molar-refractivity contribution in [3.8, 4) is 5.75 Å². The van der Waals surface area contributed by atoms with Crippen molar-refractivity contribution in [2.24, 2.45) is 0 Å². The maximum absolute atomic E-state index is 13.2. The first-order valence-electron chi connectivity index (χ1n) is 10.2. The number of likely N-dealkylation sites (tertiary alicyclic amines) is 1. The smallest absolute Gasteiger partial charge is 0.227 e. The normalized spacial score (nSPS) is 21.8. The highest BCUT2D eigenvalue weighted by Gasteiger charge is 2.38. The lowest BCUT2D eigenvalue weighted by Gasteiger charge is -2.43. The van der Waals surface area contributed by atoms with Crippen molar-refractivity contribution < 1.29 is 9.90 Å². The Hall–Kier alpha value is -1.75. The van der Waals surface area contributed by atoms with Gasteiger partial charge in [-0.2, -0.15) is 0 Å². The van der Waals surface area contributed by atoms with E-state index in [9.17, 15) is 9.90 Å². The molecule has 1 N–H and O–H groups in total. The van der Waals surface area contributed by atoms with Gasteiger partial charge >= 0.3 is 0 Å². The van der Waals surface area contributed by atoms with Crippen molar-refractivity contribution in [1.82, 2.24) is 9.80 Å². The summed E-state index contributed by atoms with van der Waals surface area (Å²) in [4.78, 5) is 17.6. The van der Waals surface area contributed by atoms with Gasteiger partial charge in [0.1, 0.15) is 5.75 Å². The van der Waals surface area contributed by atoms with Crippen LogP contribution >= 0.6 is 23.2 Å². The molecule has 154 valence electrons. The highest BCUT2D eigenvalue weighted by Crippen LogP contribution is 2.39. The van der Waals surface area contributed by atoms with E-state index in [0.717, 1.165) is 37.1 Å². The molecule has 0 radical (unpaired) electrons. The first kappa shape index (κ1) is 20.5. The van der Waals surface area contributed by atoms with Crippen LogP contribution in [0.5, 0.6) is 5.75 Å². The second-order valence-corrected chi connectivity index (χ2v) is 8.92. The number of likely N-dealkylation sites (N-methyl/N-ethyl adjacent to an activating group) is 1. The molecule has 0 bridgehead atoms. The molecule has 1 heterocycles. The summed E-state index contributed by atoms with van der Waals surface area (Å²) >= 11 is 12.1. The molecule has 1 aliphatic heterocycles. The molecule has 2 aliphatic rings. The Kier molecular flexibility index (Phi) is 6.05. The van der Waals surface area contributed by atoms with Crippen molar-refractivity contribution >= 4 is 29.1 Å². The number of fused-ring (bicyclic) bond motifs is 1. The predicted octanol–water partition coefficient (Wildman–Crippen LogP) is 4.85. The van der Waals surface area contributed by atoms with E-state index in [0.29, 0.717) is 10.0 Å². The molecular formula is C23H26Cl2N2O2. The van der Waals surface area contributed by atoms with Crippen LogP contribution in [0.15, 0.2) is 36.4 Å². The number of phenolic OH excluding ortho intramolecular Hbond substituents is 1. The summed E-state index contributed by atoms with van der Waals surface area (Å²) in [6, 6.07) is 11.1. The monoisotopic (exact) mass is 432 g/mol. The van der Waals surface area contributed by atoms with Gasteiger partial charge in [0, 0.05) is 13.1 Å². The van der Waals surface area contributed by atoms with Crippen molar-refractivity contribution in [2.75, 3.05) is 20.1 Å². The zero-order valence-corrected chi connectivity index (χ0v) is 18.1. The zero-order chi connectivity index (χ0) is 20.5. The van der Waals surface area contributed by atoms with E-state index in [-0.39, 0.29) is 30.2 Å². The average molecular weight is 433 g/mol. The number of carbonyl (C=O) groups excluding carboxylic acids is 1. The van der Waals surface area contributed by atoms with Gasteiger partial charge in [-0.25, -0.2) is 0 Å². The van der Waals surface area contributed by atoms with Crippen LogP contribution in [0.2, 0.25) is 10.0 Å². The van der Waals surface area contributed by atoms with Crippen molar-refractivity contribution in [1.29, 1.82) is 0 Å². The Balaban J connectivity index is 1.63. The molecule has 2 aromatic rings. The van der Waals surface area contributed by atoms with Crippen molar-refractivity contribution in [3.63, 3.8) is 0 Å². The van der Waals surface area contributed by atoms with E-state index in [4.69, 9.17) is 23.2 Å². The number of phenols is 1. The third-order valence-corrected chi connectivity index (χ3v) is 7.02. The maximum atomic E-state index is 13.2. The van der Waals surface area contributed by atoms with Gasteiger partial charge in [0.15, 0.2) is 0 Å². The van der Waals surface area contributed by atoms with Crippen LogP contribution < -0.4 is 0 Å². The highest BCUT2D eigenvalue weighted by molar-refractivity contribution is 6.42. The molecule has 1 fully saturated rings. The van der Waals surface area contributed by atoms with E-state index in [2.05, 4.69) is 4.90 Å². The van der Waals surface area contributed by atoms with Gasteiger partial charge in [-0.05, 0) is 79.7 Å². The second-order valence-electron chi connectivity index (χ2n) is 8.11. The third-order valence-electron chi connectivity index (χ3n) is 6.28. The number of nitrogens with zero attached hydrogens (tertiary/aromatic N) is 2. The predicted molar refractivity (Wildman–Crippen MR) is 117 cm³/mol. The summed E-state index contributed by atoms with van der Waals surface area (Å²) in [6.07, 6.45) is 4.67. The lowest BCUT2D eigenvalue weighted by molar-refractivity contribution is -0.133. The molecule has 0 unspecified atom stereocenters. The fraction of sp³-hybridized carbons (Fsp3) is 0.435. The van der Waals surface area contributed by atoms with Crippen molar-refractivity contribution in [2.45, 2.75) is 44.2 Å².